The van der Waals surface area contributed by atoms with Gasteiger partial charge in [-0.25, -0.2) is 15.0 Å². The maximum absolute atomic E-state index is 13.1. The van der Waals surface area contributed by atoms with Gasteiger partial charge in [-0.05, 0) is 31.7 Å². The molecule has 2 atom stereocenters. The molecule has 4 heterocycles. The van der Waals surface area contributed by atoms with Gasteiger partial charge in [0.2, 0.25) is 11.9 Å². The fourth-order valence-corrected chi connectivity index (χ4v) is 3.96. The monoisotopic (exact) mass is 340 g/mol. The van der Waals surface area contributed by atoms with Crippen LogP contribution >= 0.6 is 0 Å². The van der Waals surface area contributed by atoms with Crippen molar-refractivity contribution in [1.82, 2.24) is 24.4 Å². The van der Waals surface area contributed by atoms with Gasteiger partial charge >= 0.3 is 0 Å². The molecular formula is C18H24N6O. The number of carbonyl (C=O) groups excluding carboxylic acids is 1. The van der Waals surface area contributed by atoms with Crippen LogP contribution in [-0.2, 0) is 4.79 Å². The number of imidazole rings is 1. The minimum Gasteiger partial charge on any atom is -0.340 e. The van der Waals surface area contributed by atoms with Crippen LogP contribution in [0.1, 0.15) is 31.7 Å². The van der Waals surface area contributed by atoms with Crippen molar-refractivity contribution >= 4 is 11.9 Å². The summed E-state index contributed by atoms with van der Waals surface area (Å²) in [4.78, 5) is 30.1. The molecule has 0 aromatic carbocycles. The van der Waals surface area contributed by atoms with Gasteiger partial charge in [0, 0.05) is 51.0 Å². The summed E-state index contributed by atoms with van der Waals surface area (Å²) in [5.41, 5.74) is 0. The van der Waals surface area contributed by atoms with Gasteiger partial charge in [0.1, 0.15) is 0 Å². The van der Waals surface area contributed by atoms with E-state index >= 15 is 0 Å². The van der Waals surface area contributed by atoms with Crippen LogP contribution in [-0.4, -0.2) is 56.5 Å². The summed E-state index contributed by atoms with van der Waals surface area (Å²) >= 11 is 0. The molecule has 1 amide bonds. The Balaban J connectivity index is 1.41. The molecule has 25 heavy (non-hydrogen) atoms. The Bertz CT molecular complexity index is 689. The second-order valence-corrected chi connectivity index (χ2v) is 6.92. The fourth-order valence-electron chi connectivity index (χ4n) is 3.96. The van der Waals surface area contributed by atoms with Crippen molar-refractivity contribution in [1.29, 1.82) is 0 Å². The average Bonchev–Trinajstić information content (AvgIpc) is 3.23. The molecule has 7 heteroatoms. The summed E-state index contributed by atoms with van der Waals surface area (Å²) < 4.78 is 2.13. The van der Waals surface area contributed by atoms with E-state index in [-0.39, 0.29) is 11.8 Å². The van der Waals surface area contributed by atoms with Crippen LogP contribution in [0.4, 0.5) is 5.95 Å². The van der Waals surface area contributed by atoms with Crippen LogP contribution in [0.3, 0.4) is 0 Å². The molecule has 2 aromatic heterocycles. The first-order chi connectivity index (χ1) is 12.3. The molecule has 0 aliphatic carbocycles. The van der Waals surface area contributed by atoms with Crippen LogP contribution in [0, 0.1) is 5.92 Å². The Hall–Kier alpha value is -2.44. The molecule has 0 saturated carbocycles. The molecule has 0 radical (unpaired) electrons. The van der Waals surface area contributed by atoms with Crippen molar-refractivity contribution in [3.8, 4) is 0 Å². The predicted molar refractivity (Wildman–Crippen MR) is 94.0 cm³/mol. The molecule has 0 N–H and O–H groups in total. The SMILES string of the molecule is O=C([C@@H]1CCCN(c2ncccn2)C1)N1CCC[C@@H](n2ccnc2)C1. The molecule has 132 valence electrons. The van der Waals surface area contributed by atoms with Gasteiger partial charge in [-0.1, -0.05) is 0 Å². The van der Waals surface area contributed by atoms with Crippen LogP contribution in [0.15, 0.2) is 37.2 Å². The molecule has 4 rings (SSSR count). The number of nitrogens with zero attached hydrogens (tertiary/aromatic N) is 6. The van der Waals surface area contributed by atoms with Gasteiger partial charge in [-0.2, -0.15) is 0 Å². The standard InChI is InChI=1S/C18H24N6O/c25-17(22-9-2-5-16(13-22)24-11-8-19-14-24)15-4-1-10-23(12-15)18-20-6-3-7-21-18/h3,6-8,11,14-16H,1-2,4-5,9-10,12-13H2/t15-,16-/m1/s1. The number of carbonyl (C=O) groups is 1. The van der Waals surface area contributed by atoms with Crippen LogP contribution in [0.2, 0.25) is 0 Å². The summed E-state index contributed by atoms with van der Waals surface area (Å²) in [6.45, 7) is 3.29. The molecule has 2 fully saturated rings. The number of rotatable bonds is 3. The smallest absolute Gasteiger partial charge is 0.227 e. The van der Waals surface area contributed by atoms with Crippen molar-refractivity contribution in [3.05, 3.63) is 37.2 Å². The van der Waals surface area contributed by atoms with E-state index < -0.39 is 0 Å². The zero-order chi connectivity index (χ0) is 17.1. The molecule has 2 aromatic rings. The molecule has 0 unspecified atom stereocenters. The number of amides is 1. The van der Waals surface area contributed by atoms with E-state index in [0.717, 1.165) is 57.8 Å². The Morgan fingerprint density at radius 2 is 1.88 bits per heavy atom. The number of anilines is 1. The molecule has 2 aliphatic rings. The first-order valence-corrected chi connectivity index (χ1v) is 9.09. The van der Waals surface area contributed by atoms with E-state index in [1.54, 1.807) is 18.6 Å². The van der Waals surface area contributed by atoms with E-state index in [1.165, 1.54) is 0 Å². The van der Waals surface area contributed by atoms with Crippen molar-refractivity contribution in [2.24, 2.45) is 5.92 Å². The lowest BCUT2D eigenvalue weighted by molar-refractivity contribution is -0.137. The first kappa shape index (κ1) is 16.1. The summed E-state index contributed by atoms with van der Waals surface area (Å²) in [6, 6.07) is 2.16. The predicted octanol–water partition coefficient (Wildman–Crippen LogP) is 1.75. The van der Waals surface area contributed by atoms with Crippen LogP contribution in [0.25, 0.3) is 0 Å². The minimum absolute atomic E-state index is 0.0408. The largest absolute Gasteiger partial charge is 0.340 e. The number of aromatic nitrogens is 4. The average molecular weight is 340 g/mol. The normalized spacial score (nSPS) is 24.3. The minimum atomic E-state index is 0.0408. The van der Waals surface area contributed by atoms with E-state index in [1.807, 2.05) is 23.5 Å². The Kier molecular flexibility index (Phi) is 4.63. The van der Waals surface area contributed by atoms with E-state index in [0.29, 0.717) is 6.04 Å². The van der Waals surface area contributed by atoms with E-state index in [4.69, 9.17) is 0 Å². The Morgan fingerprint density at radius 3 is 2.68 bits per heavy atom. The molecule has 2 saturated heterocycles. The second-order valence-electron chi connectivity index (χ2n) is 6.92. The van der Waals surface area contributed by atoms with E-state index in [9.17, 15) is 4.79 Å². The second kappa shape index (κ2) is 7.21. The molecular weight excluding hydrogens is 316 g/mol. The highest BCUT2D eigenvalue weighted by molar-refractivity contribution is 5.79. The lowest BCUT2D eigenvalue weighted by atomic mass is 9.95. The third kappa shape index (κ3) is 3.50. The summed E-state index contributed by atoms with van der Waals surface area (Å²) in [7, 11) is 0. The van der Waals surface area contributed by atoms with Gasteiger partial charge in [-0.3, -0.25) is 4.79 Å². The lowest BCUT2D eigenvalue weighted by Gasteiger charge is -2.38. The zero-order valence-corrected chi connectivity index (χ0v) is 14.4. The van der Waals surface area contributed by atoms with Crippen molar-refractivity contribution in [2.75, 3.05) is 31.1 Å². The van der Waals surface area contributed by atoms with Crippen molar-refractivity contribution in [3.63, 3.8) is 0 Å². The third-order valence-electron chi connectivity index (χ3n) is 5.26. The van der Waals surface area contributed by atoms with Crippen molar-refractivity contribution < 1.29 is 4.79 Å². The number of hydrogen-bond acceptors (Lipinski definition) is 5. The summed E-state index contributed by atoms with van der Waals surface area (Å²) in [5.74, 6) is 1.06. The van der Waals surface area contributed by atoms with Gasteiger partial charge in [0.15, 0.2) is 0 Å². The van der Waals surface area contributed by atoms with Crippen molar-refractivity contribution in [2.45, 2.75) is 31.7 Å². The van der Waals surface area contributed by atoms with Crippen LogP contribution in [0.5, 0.6) is 0 Å². The first-order valence-electron chi connectivity index (χ1n) is 9.09. The zero-order valence-electron chi connectivity index (χ0n) is 14.4. The number of likely N-dealkylation sites (tertiary alicyclic amines) is 1. The molecule has 7 nitrogen and oxygen atoms in total. The van der Waals surface area contributed by atoms with Crippen LogP contribution < -0.4 is 4.90 Å². The summed E-state index contributed by atoms with van der Waals surface area (Å²) in [5, 5.41) is 0. The van der Waals surface area contributed by atoms with Gasteiger partial charge in [0.25, 0.3) is 0 Å². The number of hydrogen-bond donors (Lipinski definition) is 0. The fraction of sp³-hybridized carbons (Fsp3) is 0.556. The molecule has 0 spiro atoms. The molecule has 0 bridgehead atoms. The quantitative estimate of drug-likeness (QED) is 0.852. The highest BCUT2D eigenvalue weighted by Crippen LogP contribution is 2.26. The molecule has 2 aliphatic heterocycles. The number of piperidine rings is 2. The van der Waals surface area contributed by atoms with Gasteiger partial charge in [-0.15, -0.1) is 0 Å². The lowest BCUT2D eigenvalue weighted by Crippen LogP contribution is -2.48. The third-order valence-corrected chi connectivity index (χ3v) is 5.26. The Morgan fingerprint density at radius 1 is 1.04 bits per heavy atom. The van der Waals surface area contributed by atoms with Gasteiger partial charge in [0.05, 0.1) is 18.3 Å². The Labute approximate surface area is 147 Å². The maximum Gasteiger partial charge on any atom is 0.227 e. The van der Waals surface area contributed by atoms with E-state index in [2.05, 4.69) is 24.4 Å². The maximum atomic E-state index is 13.1. The topological polar surface area (TPSA) is 67.2 Å². The van der Waals surface area contributed by atoms with Gasteiger partial charge < -0.3 is 14.4 Å². The summed E-state index contributed by atoms with van der Waals surface area (Å²) in [6.07, 6.45) is 13.3. The highest BCUT2D eigenvalue weighted by Gasteiger charge is 2.32. The highest BCUT2D eigenvalue weighted by atomic mass is 16.2.